The SMILES string of the molecule is CCc1c(N2CCN(C(=O)c3ncnc(C)c3O)CC2)c(=O)c2nc(CO)cnc2n1CC(=O)Nc1ccc(C(F)(F)F)cc1C. The molecule has 3 N–H and O–H groups in total. The Morgan fingerprint density at radius 2 is 1.78 bits per heavy atom. The molecule has 1 fully saturated rings. The second-order valence-corrected chi connectivity index (χ2v) is 10.8. The first-order chi connectivity index (χ1) is 21.8. The topological polar surface area (TPSA) is 167 Å². The first kappa shape index (κ1) is 32.3. The maximum absolute atomic E-state index is 13.9. The van der Waals surface area contributed by atoms with Gasteiger partial charge in [0, 0.05) is 37.6 Å². The van der Waals surface area contributed by atoms with E-state index in [0.717, 1.165) is 12.1 Å². The molecule has 13 nitrogen and oxygen atoms in total. The van der Waals surface area contributed by atoms with Gasteiger partial charge in [0.2, 0.25) is 11.3 Å². The van der Waals surface area contributed by atoms with Gasteiger partial charge in [0.1, 0.15) is 18.6 Å². The van der Waals surface area contributed by atoms with Crippen molar-refractivity contribution in [3.05, 3.63) is 74.8 Å². The summed E-state index contributed by atoms with van der Waals surface area (Å²) >= 11 is 0. The molecular formula is C30H31F3N8O5. The minimum absolute atomic E-state index is 0.0721. The van der Waals surface area contributed by atoms with Crippen LogP contribution in [-0.4, -0.2) is 77.6 Å². The maximum atomic E-state index is 13.9. The van der Waals surface area contributed by atoms with Gasteiger partial charge in [-0.2, -0.15) is 13.2 Å². The number of hydrogen-bond acceptors (Lipinski definition) is 10. The summed E-state index contributed by atoms with van der Waals surface area (Å²) in [7, 11) is 0. The molecule has 46 heavy (non-hydrogen) atoms. The zero-order valence-electron chi connectivity index (χ0n) is 25.2. The van der Waals surface area contributed by atoms with Crippen molar-refractivity contribution < 1.29 is 33.0 Å². The largest absolute Gasteiger partial charge is 0.504 e. The van der Waals surface area contributed by atoms with Crippen LogP contribution >= 0.6 is 0 Å². The number of aliphatic hydroxyl groups is 1. The number of fused-ring (bicyclic) bond motifs is 1. The summed E-state index contributed by atoms with van der Waals surface area (Å²) in [5.41, 5.74) is 0.149. The summed E-state index contributed by atoms with van der Waals surface area (Å²) < 4.78 is 41.0. The number of carbonyl (C=O) groups excluding carboxylic acids is 2. The molecule has 4 heterocycles. The average molecular weight is 641 g/mol. The Bertz CT molecular complexity index is 1890. The lowest BCUT2D eigenvalue weighted by Crippen LogP contribution is -2.50. The van der Waals surface area contributed by atoms with Crippen molar-refractivity contribution in [2.24, 2.45) is 0 Å². The fourth-order valence-electron chi connectivity index (χ4n) is 5.42. The number of piperazine rings is 1. The van der Waals surface area contributed by atoms with Crippen LogP contribution < -0.4 is 15.6 Å². The van der Waals surface area contributed by atoms with E-state index in [9.17, 15) is 37.8 Å². The zero-order chi connectivity index (χ0) is 33.3. The minimum atomic E-state index is -4.53. The molecule has 1 aliphatic rings. The number of carbonyl (C=O) groups is 2. The Balaban J connectivity index is 1.48. The third-order valence-electron chi connectivity index (χ3n) is 7.81. The van der Waals surface area contributed by atoms with Crippen LogP contribution in [0, 0.1) is 13.8 Å². The second kappa shape index (κ2) is 12.7. The Morgan fingerprint density at radius 1 is 1.07 bits per heavy atom. The summed E-state index contributed by atoms with van der Waals surface area (Å²) in [5.74, 6) is -1.36. The highest BCUT2D eigenvalue weighted by atomic mass is 19.4. The highest BCUT2D eigenvalue weighted by Gasteiger charge is 2.32. The van der Waals surface area contributed by atoms with E-state index < -0.39 is 35.6 Å². The molecule has 0 unspecified atom stereocenters. The summed E-state index contributed by atoms with van der Waals surface area (Å²) in [6.45, 7) is 4.84. The number of pyridine rings is 1. The number of hydrogen-bond donors (Lipinski definition) is 3. The van der Waals surface area contributed by atoms with Crippen molar-refractivity contribution in [1.82, 2.24) is 29.4 Å². The van der Waals surface area contributed by atoms with Gasteiger partial charge in [-0.1, -0.05) is 6.92 Å². The number of aryl methyl sites for hydroxylation is 2. The van der Waals surface area contributed by atoms with E-state index in [2.05, 4.69) is 25.3 Å². The van der Waals surface area contributed by atoms with Gasteiger partial charge in [-0.15, -0.1) is 0 Å². The van der Waals surface area contributed by atoms with Crippen LogP contribution in [0.25, 0.3) is 11.2 Å². The number of nitrogens with zero attached hydrogens (tertiary/aromatic N) is 7. The lowest BCUT2D eigenvalue weighted by atomic mass is 10.1. The predicted molar refractivity (Wildman–Crippen MR) is 160 cm³/mol. The standard InChI is InChI=1S/C30H31F3N8O5/c1-4-21-25(39-7-9-40(10-8-39)29(46)24-26(44)17(3)35-15-36-24)27(45)23-28(34-12-19(14-42)37-23)41(21)13-22(43)38-20-6-5-18(11-16(20)2)30(31,32)33/h5-6,11-12,15,42,44H,4,7-10,13-14H2,1-3H3,(H,38,43). The predicted octanol–water partition coefficient (Wildman–Crippen LogP) is 2.58. The summed E-state index contributed by atoms with van der Waals surface area (Å²) in [5, 5.41) is 22.6. The van der Waals surface area contributed by atoms with Crippen LogP contribution in [0.5, 0.6) is 5.75 Å². The number of amides is 2. The Kier molecular flexibility index (Phi) is 8.92. The molecule has 1 saturated heterocycles. The number of rotatable bonds is 7. The molecule has 4 aromatic rings. The van der Waals surface area contributed by atoms with Crippen molar-refractivity contribution >= 4 is 34.4 Å². The van der Waals surface area contributed by atoms with Crippen LogP contribution in [0.4, 0.5) is 24.5 Å². The highest BCUT2D eigenvalue weighted by Crippen LogP contribution is 2.32. The Hall–Kier alpha value is -5.12. The number of alkyl halides is 3. The van der Waals surface area contributed by atoms with E-state index in [1.54, 1.807) is 18.7 Å². The molecule has 16 heteroatoms. The van der Waals surface area contributed by atoms with E-state index >= 15 is 0 Å². The number of benzene rings is 1. The monoisotopic (exact) mass is 640 g/mol. The quantitative estimate of drug-likeness (QED) is 0.273. The van der Waals surface area contributed by atoms with Crippen LogP contribution in [0.15, 0.2) is 35.5 Å². The van der Waals surface area contributed by atoms with E-state index in [1.165, 1.54) is 35.0 Å². The van der Waals surface area contributed by atoms with E-state index in [4.69, 9.17) is 0 Å². The smallest absolute Gasteiger partial charge is 0.416 e. The lowest BCUT2D eigenvalue weighted by Gasteiger charge is -2.37. The molecule has 1 aliphatic heterocycles. The van der Waals surface area contributed by atoms with Gasteiger partial charge < -0.3 is 29.9 Å². The van der Waals surface area contributed by atoms with Gasteiger partial charge in [0.25, 0.3) is 5.91 Å². The molecule has 0 saturated carbocycles. The van der Waals surface area contributed by atoms with Gasteiger partial charge in [-0.05, 0) is 44.0 Å². The first-order valence-corrected chi connectivity index (χ1v) is 14.4. The van der Waals surface area contributed by atoms with Gasteiger partial charge >= 0.3 is 6.18 Å². The molecular weight excluding hydrogens is 609 g/mol. The molecule has 1 aromatic carbocycles. The fourth-order valence-corrected chi connectivity index (χ4v) is 5.42. The molecule has 0 aliphatic carbocycles. The molecule has 3 aromatic heterocycles. The van der Waals surface area contributed by atoms with Crippen LogP contribution in [0.2, 0.25) is 0 Å². The number of aromatic nitrogens is 5. The fraction of sp³-hybridized carbons (Fsp3) is 0.367. The van der Waals surface area contributed by atoms with Gasteiger partial charge in [-0.3, -0.25) is 14.4 Å². The van der Waals surface area contributed by atoms with Gasteiger partial charge in [-0.25, -0.2) is 19.9 Å². The summed E-state index contributed by atoms with van der Waals surface area (Å²) in [6.07, 6.45) is -1.75. The summed E-state index contributed by atoms with van der Waals surface area (Å²) in [4.78, 5) is 60.1. The molecule has 0 spiro atoms. The molecule has 2 amide bonds. The second-order valence-electron chi connectivity index (χ2n) is 10.8. The normalized spacial score (nSPS) is 13.7. The molecule has 0 atom stereocenters. The molecule has 0 radical (unpaired) electrons. The third-order valence-corrected chi connectivity index (χ3v) is 7.81. The number of anilines is 2. The van der Waals surface area contributed by atoms with Crippen LogP contribution in [-0.2, 0) is 30.5 Å². The van der Waals surface area contributed by atoms with Gasteiger partial charge in [0.05, 0.1) is 29.8 Å². The zero-order valence-corrected chi connectivity index (χ0v) is 25.2. The highest BCUT2D eigenvalue weighted by molar-refractivity contribution is 5.95. The average Bonchev–Trinajstić information content (AvgIpc) is 3.03. The van der Waals surface area contributed by atoms with Crippen molar-refractivity contribution in [2.75, 3.05) is 36.4 Å². The van der Waals surface area contributed by atoms with E-state index in [1.807, 2.05) is 0 Å². The van der Waals surface area contributed by atoms with Crippen molar-refractivity contribution in [3.8, 4) is 5.75 Å². The van der Waals surface area contributed by atoms with E-state index in [-0.39, 0.29) is 83.7 Å². The van der Waals surface area contributed by atoms with E-state index in [0.29, 0.717) is 12.1 Å². The molecule has 5 rings (SSSR count). The third kappa shape index (κ3) is 6.20. The van der Waals surface area contributed by atoms with Crippen molar-refractivity contribution in [3.63, 3.8) is 0 Å². The lowest BCUT2D eigenvalue weighted by molar-refractivity contribution is -0.137. The number of halogens is 3. The number of nitrogens with one attached hydrogen (secondary N) is 1. The maximum Gasteiger partial charge on any atom is 0.416 e. The van der Waals surface area contributed by atoms with Crippen LogP contribution in [0.3, 0.4) is 0 Å². The van der Waals surface area contributed by atoms with Crippen molar-refractivity contribution in [1.29, 1.82) is 0 Å². The molecule has 242 valence electrons. The summed E-state index contributed by atoms with van der Waals surface area (Å²) in [6, 6.07) is 3.01. The number of aliphatic hydroxyl groups excluding tert-OH is 1. The Labute approximate surface area is 260 Å². The Morgan fingerprint density at radius 3 is 2.41 bits per heavy atom. The van der Waals surface area contributed by atoms with Crippen LogP contribution in [0.1, 0.15) is 45.6 Å². The van der Waals surface area contributed by atoms with Crippen molar-refractivity contribution in [2.45, 2.75) is 46.5 Å². The molecule has 0 bridgehead atoms. The van der Waals surface area contributed by atoms with Gasteiger partial charge in [0.15, 0.2) is 22.6 Å². The first-order valence-electron chi connectivity index (χ1n) is 14.4. The number of aromatic hydroxyl groups is 1. The minimum Gasteiger partial charge on any atom is -0.504 e.